The van der Waals surface area contributed by atoms with Gasteiger partial charge in [-0.05, 0) is 57.3 Å². The Balaban J connectivity index is 2.09. The van der Waals surface area contributed by atoms with Crippen molar-refractivity contribution in [1.29, 1.82) is 0 Å². The second-order valence-electron chi connectivity index (χ2n) is 6.72. The van der Waals surface area contributed by atoms with Crippen LogP contribution >= 0.6 is 0 Å². The number of methoxy groups -OCH3 is 1. The summed E-state index contributed by atoms with van der Waals surface area (Å²) in [4.78, 5) is 14.6. The van der Waals surface area contributed by atoms with Gasteiger partial charge in [-0.1, -0.05) is 24.3 Å². The summed E-state index contributed by atoms with van der Waals surface area (Å²) in [6, 6.07) is 13.4. The fourth-order valence-corrected chi connectivity index (χ4v) is 2.66. The van der Waals surface area contributed by atoms with E-state index >= 15 is 0 Å². The molecule has 0 aliphatic rings. The highest BCUT2D eigenvalue weighted by Gasteiger charge is 2.13. The molecule has 26 heavy (non-hydrogen) atoms. The Morgan fingerprint density at radius 1 is 1.08 bits per heavy atom. The van der Waals surface area contributed by atoms with Gasteiger partial charge in [-0.3, -0.25) is 4.79 Å². The fraction of sp³-hybridized carbons (Fsp3) is 0.381. The Morgan fingerprint density at radius 2 is 1.77 bits per heavy atom. The lowest BCUT2D eigenvalue weighted by molar-refractivity contribution is 0.0950. The van der Waals surface area contributed by atoms with Crippen LogP contribution in [-0.4, -0.2) is 38.1 Å². The molecule has 2 aromatic rings. The molecule has 0 radical (unpaired) electrons. The van der Waals surface area contributed by atoms with Crippen LogP contribution in [0.3, 0.4) is 0 Å². The Bertz CT molecular complexity index is 742. The molecule has 0 aromatic heterocycles. The van der Waals surface area contributed by atoms with E-state index in [1.807, 2.05) is 46.1 Å². The van der Waals surface area contributed by atoms with Crippen molar-refractivity contribution < 1.29 is 14.3 Å². The van der Waals surface area contributed by atoms with E-state index in [-0.39, 0.29) is 12.0 Å². The fourth-order valence-electron chi connectivity index (χ4n) is 2.66. The van der Waals surface area contributed by atoms with Crippen LogP contribution < -0.4 is 14.8 Å². The SMILES string of the molecule is COc1cc(C(=O)NCc2ccccc2CN(C)C)ccc1OC(C)C. The zero-order valence-corrected chi connectivity index (χ0v) is 16.2. The molecule has 0 fully saturated rings. The molecule has 0 aliphatic heterocycles. The molecule has 1 amide bonds. The van der Waals surface area contributed by atoms with Gasteiger partial charge in [0.25, 0.3) is 5.91 Å². The lowest BCUT2D eigenvalue weighted by Crippen LogP contribution is -2.24. The van der Waals surface area contributed by atoms with Crippen LogP contribution in [0.4, 0.5) is 0 Å². The van der Waals surface area contributed by atoms with Crippen molar-refractivity contribution in [1.82, 2.24) is 10.2 Å². The molecule has 2 rings (SSSR count). The van der Waals surface area contributed by atoms with E-state index in [0.717, 1.165) is 12.1 Å². The molecule has 0 saturated heterocycles. The first-order chi connectivity index (χ1) is 12.4. The number of carbonyl (C=O) groups excluding carboxylic acids is 1. The van der Waals surface area contributed by atoms with Gasteiger partial charge in [-0.25, -0.2) is 0 Å². The molecule has 2 aromatic carbocycles. The molecule has 0 unspecified atom stereocenters. The monoisotopic (exact) mass is 356 g/mol. The summed E-state index contributed by atoms with van der Waals surface area (Å²) >= 11 is 0. The molecule has 1 N–H and O–H groups in total. The Labute approximate surface area is 155 Å². The predicted molar refractivity (Wildman–Crippen MR) is 104 cm³/mol. The molecule has 140 valence electrons. The quantitative estimate of drug-likeness (QED) is 0.787. The van der Waals surface area contributed by atoms with Gasteiger partial charge in [-0.15, -0.1) is 0 Å². The minimum absolute atomic E-state index is 0.0387. The van der Waals surface area contributed by atoms with Crippen molar-refractivity contribution in [2.45, 2.75) is 33.0 Å². The van der Waals surface area contributed by atoms with Gasteiger partial charge in [0.05, 0.1) is 13.2 Å². The van der Waals surface area contributed by atoms with Crippen LogP contribution in [-0.2, 0) is 13.1 Å². The lowest BCUT2D eigenvalue weighted by atomic mass is 10.1. The van der Waals surface area contributed by atoms with Crippen LogP contribution in [0.25, 0.3) is 0 Å². The van der Waals surface area contributed by atoms with Crippen LogP contribution in [0.5, 0.6) is 11.5 Å². The zero-order valence-electron chi connectivity index (χ0n) is 16.2. The van der Waals surface area contributed by atoms with Gasteiger partial charge in [0.2, 0.25) is 0 Å². The van der Waals surface area contributed by atoms with Gasteiger partial charge in [-0.2, -0.15) is 0 Å². The highest BCUT2D eigenvalue weighted by Crippen LogP contribution is 2.29. The molecule has 0 heterocycles. The number of ether oxygens (including phenoxy) is 2. The van der Waals surface area contributed by atoms with E-state index in [0.29, 0.717) is 23.6 Å². The summed E-state index contributed by atoms with van der Waals surface area (Å²) in [5.41, 5.74) is 2.86. The van der Waals surface area contributed by atoms with Gasteiger partial charge in [0.1, 0.15) is 0 Å². The number of rotatable bonds is 8. The standard InChI is InChI=1S/C21H28N2O3/c1-15(2)26-19-11-10-16(12-20(19)25-5)21(24)22-13-17-8-6-7-9-18(17)14-23(3)4/h6-12,15H,13-14H2,1-5H3,(H,22,24). The molecule has 0 atom stereocenters. The highest BCUT2D eigenvalue weighted by molar-refractivity contribution is 5.94. The average molecular weight is 356 g/mol. The summed E-state index contributed by atoms with van der Waals surface area (Å²) in [6.45, 7) is 5.22. The van der Waals surface area contributed by atoms with Crippen molar-refractivity contribution in [2.24, 2.45) is 0 Å². The van der Waals surface area contributed by atoms with Crippen LogP contribution in [0.1, 0.15) is 35.3 Å². The third-order valence-electron chi connectivity index (χ3n) is 3.83. The van der Waals surface area contributed by atoms with Crippen molar-refractivity contribution in [3.8, 4) is 11.5 Å². The van der Waals surface area contributed by atoms with Crippen molar-refractivity contribution in [3.05, 3.63) is 59.2 Å². The van der Waals surface area contributed by atoms with Gasteiger partial charge in [0.15, 0.2) is 11.5 Å². The summed E-state index contributed by atoms with van der Waals surface area (Å²) < 4.78 is 11.0. The first-order valence-electron chi connectivity index (χ1n) is 8.75. The number of hydrogen-bond donors (Lipinski definition) is 1. The van der Waals surface area contributed by atoms with Crippen LogP contribution in [0.15, 0.2) is 42.5 Å². The minimum Gasteiger partial charge on any atom is -0.493 e. The number of nitrogens with one attached hydrogen (secondary N) is 1. The second-order valence-corrected chi connectivity index (χ2v) is 6.72. The summed E-state index contributed by atoms with van der Waals surface area (Å²) in [5.74, 6) is 1.05. The molecule has 5 heteroatoms. The lowest BCUT2D eigenvalue weighted by Gasteiger charge is -2.16. The van der Waals surface area contributed by atoms with Crippen LogP contribution in [0, 0.1) is 0 Å². The predicted octanol–water partition coefficient (Wildman–Crippen LogP) is 3.47. The smallest absolute Gasteiger partial charge is 0.251 e. The molecule has 0 saturated carbocycles. The summed E-state index contributed by atoms with van der Waals surface area (Å²) in [6.07, 6.45) is 0.0387. The normalized spacial score (nSPS) is 10.9. The van der Waals surface area contributed by atoms with E-state index < -0.39 is 0 Å². The Kier molecular flexibility index (Phi) is 7.04. The third-order valence-corrected chi connectivity index (χ3v) is 3.83. The van der Waals surface area contributed by atoms with E-state index in [9.17, 15) is 4.79 Å². The molecular weight excluding hydrogens is 328 g/mol. The maximum absolute atomic E-state index is 12.5. The average Bonchev–Trinajstić information content (AvgIpc) is 2.60. The largest absolute Gasteiger partial charge is 0.493 e. The molecule has 0 bridgehead atoms. The number of hydrogen-bond acceptors (Lipinski definition) is 4. The van der Waals surface area contributed by atoms with Crippen LogP contribution in [0.2, 0.25) is 0 Å². The minimum atomic E-state index is -0.140. The number of benzene rings is 2. The Morgan fingerprint density at radius 3 is 2.38 bits per heavy atom. The van der Waals surface area contributed by atoms with Crippen molar-refractivity contribution in [3.63, 3.8) is 0 Å². The number of amides is 1. The van der Waals surface area contributed by atoms with E-state index in [4.69, 9.17) is 9.47 Å². The molecule has 0 aliphatic carbocycles. The number of nitrogens with zero attached hydrogens (tertiary/aromatic N) is 1. The van der Waals surface area contributed by atoms with E-state index in [1.165, 1.54) is 5.56 Å². The molecule has 5 nitrogen and oxygen atoms in total. The maximum Gasteiger partial charge on any atom is 0.251 e. The topological polar surface area (TPSA) is 50.8 Å². The first-order valence-corrected chi connectivity index (χ1v) is 8.75. The first kappa shape index (κ1) is 19.8. The van der Waals surface area contributed by atoms with Gasteiger partial charge < -0.3 is 19.7 Å². The number of carbonyl (C=O) groups is 1. The van der Waals surface area contributed by atoms with Crippen molar-refractivity contribution >= 4 is 5.91 Å². The van der Waals surface area contributed by atoms with Gasteiger partial charge in [0, 0.05) is 18.7 Å². The van der Waals surface area contributed by atoms with E-state index in [2.05, 4.69) is 16.3 Å². The zero-order chi connectivity index (χ0) is 19.1. The second kappa shape index (κ2) is 9.25. The van der Waals surface area contributed by atoms with Gasteiger partial charge >= 0.3 is 0 Å². The Hall–Kier alpha value is -2.53. The third kappa shape index (κ3) is 5.49. The molecule has 0 spiro atoms. The van der Waals surface area contributed by atoms with E-state index in [1.54, 1.807) is 25.3 Å². The highest BCUT2D eigenvalue weighted by atomic mass is 16.5. The van der Waals surface area contributed by atoms with Crippen molar-refractivity contribution in [2.75, 3.05) is 21.2 Å². The maximum atomic E-state index is 12.5. The summed E-state index contributed by atoms with van der Waals surface area (Å²) in [7, 11) is 5.63. The summed E-state index contributed by atoms with van der Waals surface area (Å²) in [5, 5.41) is 2.99. The molecular formula is C21H28N2O3.